The van der Waals surface area contributed by atoms with Crippen LogP contribution in [0.5, 0.6) is 0 Å². The molecule has 0 spiro atoms. The van der Waals surface area contributed by atoms with Gasteiger partial charge in [0.05, 0.1) is 0 Å². The van der Waals surface area contributed by atoms with Crippen molar-refractivity contribution in [2.45, 2.75) is 52.0 Å². The van der Waals surface area contributed by atoms with Crippen LogP contribution in [-0.2, 0) is 11.2 Å². The molecular formula is C18H29ClN2O. The highest BCUT2D eigenvalue weighted by molar-refractivity contribution is 5.85. The maximum Gasteiger partial charge on any atom is 0.225 e. The molecule has 1 fully saturated rings. The van der Waals surface area contributed by atoms with E-state index in [2.05, 4.69) is 48.7 Å². The van der Waals surface area contributed by atoms with Crippen molar-refractivity contribution in [1.29, 1.82) is 0 Å². The van der Waals surface area contributed by atoms with Crippen molar-refractivity contribution in [3.05, 3.63) is 35.9 Å². The summed E-state index contributed by atoms with van der Waals surface area (Å²) >= 11 is 0. The van der Waals surface area contributed by atoms with E-state index in [0.717, 1.165) is 32.4 Å². The topological polar surface area (TPSA) is 41.1 Å². The fourth-order valence-corrected chi connectivity index (χ4v) is 2.88. The number of aryl methyl sites for hydroxylation is 1. The largest absolute Gasteiger partial charge is 0.354 e. The first kappa shape index (κ1) is 19.0. The van der Waals surface area contributed by atoms with Crippen molar-refractivity contribution < 1.29 is 4.79 Å². The lowest BCUT2D eigenvalue weighted by Crippen LogP contribution is -2.43. The van der Waals surface area contributed by atoms with Crippen LogP contribution in [0.15, 0.2) is 30.3 Å². The number of nitrogens with one attached hydrogen (secondary N) is 2. The zero-order valence-corrected chi connectivity index (χ0v) is 14.5. The van der Waals surface area contributed by atoms with Gasteiger partial charge in [-0.05, 0) is 44.2 Å². The highest BCUT2D eigenvalue weighted by Crippen LogP contribution is 2.24. The number of hydrogen-bond donors (Lipinski definition) is 2. The fourth-order valence-electron chi connectivity index (χ4n) is 2.88. The van der Waals surface area contributed by atoms with Crippen LogP contribution < -0.4 is 10.6 Å². The Kier molecular flexibility index (Phi) is 7.91. The number of rotatable bonds is 7. The third-order valence-electron chi connectivity index (χ3n) is 4.40. The molecule has 1 aliphatic rings. The molecule has 1 aromatic carbocycles. The first-order valence-electron chi connectivity index (χ1n) is 8.13. The van der Waals surface area contributed by atoms with E-state index in [1.54, 1.807) is 0 Å². The molecule has 1 aliphatic heterocycles. The quantitative estimate of drug-likeness (QED) is 0.807. The second-order valence-corrected chi connectivity index (χ2v) is 6.73. The summed E-state index contributed by atoms with van der Waals surface area (Å²) in [6, 6.07) is 11.0. The third kappa shape index (κ3) is 5.98. The van der Waals surface area contributed by atoms with Gasteiger partial charge >= 0.3 is 0 Å². The Morgan fingerprint density at radius 3 is 2.68 bits per heavy atom. The van der Waals surface area contributed by atoms with Crippen LogP contribution in [0, 0.1) is 5.41 Å². The number of amides is 1. The SMILES string of the molecule is CC(C)(CCCc1ccccc1)C(=O)NCC1CCCN1.Cl. The minimum absolute atomic E-state index is 0. The van der Waals surface area contributed by atoms with Crippen LogP contribution in [0.3, 0.4) is 0 Å². The lowest BCUT2D eigenvalue weighted by atomic mass is 9.85. The Labute approximate surface area is 140 Å². The van der Waals surface area contributed by atoms with E-state index in [4.69, 9.17) is 0 Å². The summed E-state index contributed by atoms with van der Waals surface area (Å²) in [6.45, 7) is 5.95. The molecule has 3 nitrogen and oxygen atoms in total. The summed E-state index contributed by atoms with van der Waals surface area (Å²) in [5.41, 5.74) is 1.07. The maximum atomic E-state index is 12.3. The number of halogens is 1. The molecule has 1 aromatic rings. The normalized spacial score (nSPS) is 17.8. The van der Waals surface area contributed by atoms with Crippen molar-refractivity contribution in [1.82, 2.24) is 10.6 Å². The summed E-state index contributed by atoms with van der Waals surface area (Å²) < 4.78 is 0. The maximum absolute atomic E-state index is 12.3. The number of carbonyl (C=O) groups excluding carboxylic acids is 1. The lowest BCUT2D eigenvalue weighted by molar-refractivity contribution is -0.129. The second-order valence-electron chi connectivity index (χ2n) is 6.73. The van der Waals surface area contributed by atoms with E-state index >= 15 is 0 Å². The molecular weight excluding hydrogens is 296 g/mol. The Hall–Kier alpha value is -1.06. The molecule has 1 atom stereocenters. The van der Waals surface area contributed by atoms with E-state index in [-0.39, 0.29) is 23.7 Å². The molecule has 1 heterocycles. The zero-order chi connectivity index (χ0) is 15.1. The Bertz CT molecular complexity index is 442. The van der Waals surface area contributed by atoms with Crippen molar-refractivity contribution in [3.8, 4) is 0 Å². The number of benzene rings is 1. The highest BCUT2D eigenvalue weighted by Gasteiger charge is 2.27. The van der Waals surface area contributed by atoms with Crippen LogP contribution in [0.25, 0.3) is 0 Å². The monoisotopic (exact) mass is 324 g/mol. The van der Waals surface area contributed by atoms with E-state index in [9.17, 15) is 4.79 Å². The molecule has 22 heavy (non-hydrogen) atoms. The molecule has 0 bridgehead atoms. The van der Waals surface area contributed by atoms with Crippen LogP contribution >= 0.6 is 12.4 Å². The molecule has 0 radical (unpaired) electrons. The van der Waals surface area contributed by atoms with Gasteiger partial charge in [-0.25, -0.2) is 0 Å². The molecule has 1 unspecified atom stereocenters. The first-order valence-corrected chi connectivity index (χ1v) is 8.13. The van der Waals surface area contributed by atoms with Gasteiger partial charge in [0.15, 0.2) is 0 Å². The molecule has 1 saturated heterocycles. The third-order valence-corrected chi connectivity index (χ3v) is 4.40. The summed E-state index contributed by atoms with van der Waals surface area (Å²) in [5.74, 6) is 0.185. The standard InChI is InChI=1S/C18H28N2O.ClH/c1-18(2,12-6-10-15-8-4-3-5-9-15)17(21)20-14-16-11-7-13-19-16;/h3-5,8-9,16,19H,6-7,10-14H2,1-2H3,(H,20,21);1H. The van der Waals surface area contributed by atoms with Crippen molar-refractivity contribution in [3.63, 3.8) is 0 Å². The molecule has 2 N–H and O–H groups in total. The van der Waals surface area contributed by atoms with Crippen LogP contribution in [-0.4, -0.2) is 25.0 Å². The summed E-state index contributed by atoms with van der Waals surface area (Å²) in [5, 5.41) is 6.53. The average molecular weight is 325 g/mol. The average Bonchev–Trinajstić information content (AvgIpc) is 2.99. The zero-order valence-electron chi connectivity index (χ0n) is 13.7. The van der Waals surface area contributed by atoms with Gasteiger partial charge in [0.1, 0.15) is 0 Å². The smallest absolute Gasteiger partial charge is 0.225 e. The minimum Gasteiger partial charge on any atom is -0.354 e. The fraction of sp³-hybridized carbons (Fsp3) is 0.611. The van der Waals surface area contributed by atoms with Crippen molar-refractivity contribution in [2.75, 3.05) is 13.1 Å². The molecule has 0 aromatic heterocycles. The Morgan fingerprint density at radius 1 is 1.32 bits per heavy atom. The van der Waals surface area contributed by atoms with Crippen LogP contribution in [0.2, 0.25) is 0 Å². The van der Waals surface area contributed by atoms with E-state index in [1.807, 2.05) is 6.07 Å². The molecule has 1 amide bonds. The van der Waals surface area contributed by atoms with Gasteiger partial charge < -0.3 is 10.6 Å². The van der Waals surface area contributed by atoms with Crippen molar-refractivity contribution in [2.24, 2.45) is 5.41 Å². The highest BCUT2D eigenvalue weighted by atomic mass is 35.5. The molecule has 4 heteroatoms. The van der Waals surface area contributed by atoms with Gasteiger partial charge in [0, 0.05) is 18.0 Å². The molecule has 0 saturated carbocycles. The minimum atomic E-state index is -0.284. The van der Waals surface area contributed by atoms with Crippen LogP contribution in [0.1, 0.15) is 45.1 Å². The van der Waals surface area contributed by atoms with Crippen LogP contribution in [0.4, 0.5) is 0 Å². The van der Waals surface area contributed by atoms with Gasteiger partial charge in [-0.15, -0.1) is 12.4 Å². The van der Waals surface area contributed by atoms with Gasteiger partial charge in [-0.3, -0.25) is 4.79 Å². The lowest BCUT2D eigenvalue weighted by Gasteiger charge is -2.24. The summed E-state index contributed by atoms with van der Waals surface area (Å²) in [6.07, 6.45) is 5.41. The van der Waals surface area contributed by atoms with Gasteiger partial charge in [-0.2, -0.15) is 0 Å². The predicted molar refractivity (Wildman–Crippen MR) is 94.4 cm³/mol. The Balaban J connectivity index is 0.00000242. The summed E-state index contributed by atoms with van der Waals surface area (Å²) in [7, 11) is 0. The Morgan fingerprint density at radius 2 is 2.05 bits per heavy atom. The van der Waals surface area contributed by atoms with Gasteiger partial charge in [0.2, 0.25) is 5.91 Å². The van der Waals surface area contributed by atoms with E-state index in [0.29, 0.717) is 6.04 Å². The summed E-state index contributed by atoms with van der Waals surface area (Å²) in [4.78, 5) is 12.3. The molecule has 124 valence electrons. The molecule has 0 aliphatic carbocycles. The number of carbonyl (C=O) groups is 1. The first-order chi connectivity index (χ1) is 10.1. The number of hydrogen-bond acceptors (Lipinski definition) is 2. The van der Waals surface area contributed by atoms with Gasteiger partial charge in [-0.1, -0.05) is 44.2 Å². The molecule has 2 rings (SSSR count). The van der Waals surface area contributed by atoms with E-state index < -0.39 is 0 Å². The second kappa shape index (κ2) is 9.16. The van der Waals surface area contributed by atoms with Gasteiger partial charge in [0.25, 0.3) is 0 Å². The van der Waals surface area contributed by atoms with Crippen molar-refractivity contribution >= 4 is 18.3 Å². The van der Waals surface area contributed by atoms with E-state index in [1.165, 1.54) is 18.4 Å². The predicted octanol–water partition coefficient (Wildman–Crippen LogP) is 3.33.